The lowest BCUT2D eigenvalue weighted by atomic mass is 9.91. The number of nitrogens with zero attached hydrogens (tertiary/aromatic N) is 3. The van der Waals surface area contributed by atoms with Gasteiger partial charge in [-0.25, -0.2) is 4.98 Å². The molecule has 2 aromatic rings. The third-order valence-corrected chi connectivity index (χ3v) is 4.79. The van der Waals surface area contributed by atoms with Crippen LogP contribution in [0, 0.1) is 18.3 Å². The van der Waals surface area contributed by atoms with Gasteiger partial charge in [0.05, 0.1) is 0 Å². The van der Waals surface area contributed by atoms with Crippen molar-refractivity contribution >= 4 is 0 Å². The second kappa shape index (κ2) is 8.19. The number of likely N-dealkylation sites (tertiary alicyclic amines) is 1. The zero-order chi connectivity index (χ0) is 17.6. The molecule has 0 bridgehead atoms. The Morgan fingerprint density at radius 2 is 2.28 bits per heavy atom. The first kappa shape index (κ1) is 17.5. The van der Waals surface area contributed by atoms with Gasteiger partial charge in [0, 0.05) is 44.0 Å². The first-order valence-corrected chi connectivity index (χ1v) is 8.71. The Hall–Kier alpha value is -2.29. The molecule has 2 atom stereocenters. The smallest absolute Gasteiger partial charge is 0.148 e. The molecule has 5 heteroatoms. The fraction of sp³-hybridized carbons (Fsp3) is 0.450. The van der Waals surface area contributed by atoms with Gasteiger partial charge in [0.2, 0.25) is 0 Å². The Bertz CT molecular complexity index is 735. The summed E-state index contributed by atoms with van der Waals surface area (Å²) in [7, 11) is 1.92. The summed E-state index contributed by atoms with van der Waals surface area (Å²) < 4.78 is 7.55. The number of aromatic nitrogens is 2. The first-order chi connectivity index (χ1) is 12.2. The van der Waals surface area contributed by atoms with Crippen molar-refractivity contribution in [3.05, 3.63) is 48.0 Å². The highest BCUT2D eigenvalue weighted by Gasteiger charge is 2.29. The summed E-state index contributed by atoms with van der Waals surface area (Å²) in [6.07, 6.45) is 10.5. The Kier molecular flexibility index (Phi) is 5.75. The van der Waals surface area contributed by atoms with Gasteiger partial charge in [0.25, 0.3) is 0 Å². The molecular formula is C20H25N3O2. The Morgan fingerprint density at radius 1 is 1.44 bits per heavy atom. The van der Waals surface area contributed by atoms with Crippen LogP contribution in [0.25, 0.3) is 0 Å². The van der Waals surface area contributed by atoms with Crippen LogP contribution in [-0.2, 0) is 13.6 Å². The summed E-state index contributed by atoms with van der Waals surface area (Å²) >= 11 is 0. The predicted octanol–water partition coefficient (Wildman–Crippen LogP) is 2.38. The van der Waals surface area contributed by atoms with Crippen molar-refractivity contribution in [2.24, 2.45) is 13.0 Å². The number of imidazole rings is 1. The molecule has 132 valence electrons. The molecule has 5 nitrogen and oxygen atoms in total. The fourth-order valence-electron chi connectivity index (χ4n) is 3.50. The zero-order valence-corrected chi connectivity index (χ0v) is 14.6. The average Bonchev–Trinajstić information content (AvgIpc) is 3.06. The average molecular weight is 339 g/mol. The maximum Gasteiger partial charge on any atom is 0.148 e. The molecule has 1 fully saturated rings. The molecule has 1 aliphatic heterocycles. The van der Waals surface area contributed by atoms with E-state index in [0.29, 0.717) is 0 Å². The number of para-hydroxylation sites is 1. The highest BCUT2D eigenvalue weighted by atomic mass is 16.5. The van der Waals surface area contributed by atoms with E-state index in [9.17, 15) is 5.11 Å². The third-order valence-electron chi connectivity index (χ3n) is 4.79. The number of hydrogen-bond acceptors (Lipinski definition) is 4. The molecule has 1 aromatic heterocycles. The number of hydrogen-bond donors (Lipinski definition) is 1. The van der Waals surface area contributed by atoms with Crippen LogP contribution in [-0.4, -0.2) is 39.3 Å². The maximum absolute atomic E-state index is 10.7. The number of benzene rings is 1. The van der Waals surface area contributed by atoms with Crippen LogP contribution in [0.4, 0.5) is 0 Å². The summed E-state index contributed by atoms with van der Waals surface area (Å²) in [6.45, 7) is 2.94. The summed E-state index contributed by atoms with van der Waals surface area (Å²) in [6, 6.07) is 8.00. The van der Waals surface area contributed by atoms with Crippen molar-refractivity contribution in [1.82, 2.24) is 14.5 Å². The van der Waals surface area contributed by atoms with Gasteiger partial charge in [-0.15, -0.1) is 6.42 Å². The molecule has 0 aliphatic carbocycles. The van der Waals surface area contributed by atoms with Crippen LogP contribution in [0.1, 0.15) is 30.3 Å². The summed E-state index contributed by atoms with van der Waals surface area (Å²) in [5.74, 6) is 4.28. The number of aliphatic hydroxyl groups is 1. The SMILES string of the molecule is C#CCOc1ccccc1CN1CCCC(C(O)c2nccn2C)C1. The lowest BCUT2D eigenvalue weighted by Gasteiger charge is -2.35. The van der Waals surface area contributed by atoms with Crippen LogP contribution in [0.15, 0.2) is 36.7 Å². The number of aryl methyl sites for hydroxylation is 1. The van der Waals surface area contributed by atoms with E-state index < -0.39 is 6.10 Å². The van der Waals surface area contributed by atoms with Gasteiger partial charge in [0.15, 0.2) is 0 Å². The molecule has 0 saturated carbocycles. The zero-order valence-electron chi connectivity index (χ0n) is 14.6. The topological polar surface area (TPSA) is 50.5 Å². The van der Waals surface area contributed by atoms with E-state index in [1.165, 1.54) is 0 Å². The molecule has 1 saturated heterocycles. The molecule has 0 radical (unpaired) electrons. The number of ether oxygens (including phenoxy) is 1. The van der Waals surface area contributed by atoms with Crippen molar-refractivity contribution in [2.75, 3.05) is 19.7 Å². The van der Waals surface area contributed by atoms with E-state index in [-0.39, 0.29) is 12.5 Å². The predicted molar refractivity (Wildman–Crippen MR) is 96.9 cm³/mol. The van der Waals surface area contributed by atoms with Gasteiger partial charge in [-0.05, 0) is 25.5 Å². The highest BCUT2D eigenvalue weighted by molar-refractivity contribution is 5.33. The van der Waals surface area contributed by atoms with Gasteiger partial charge in [-0.3, -0.25) is 4.90 Å². The van der Waals surface area contributed by atoms with Gasteiger partial charge in [-0.1, -0.05) is 24.1 Å². The Morgan fingerprint density at radius 3 is 3.04 bits per heavy atom. The molecule has 3 rings (SSSR count). The molecule has 2 unspecified atom stereocenters. The van der Waals surface area contributed by atoms with Crippen LogP contribution in [0.2, 0.25) is 0 Å². The van der Waals surface area contributed by atoms with Crippen molar-refractivity contribution in [2.45, 2.75) is 25.5 Å². The quantitative estimate of drug-likeness (QED) is 0.821. The first-order valence-electron chi connectivity index (χ1n) is 8.71. The summed E-state index contributed by atoms with van der Waals surface area (Å²) in [5.41, 5.74) is 1.13. The fourth-order valence-corrected chi connectivity index (χ4v) is 3.50. The third kappa shape index (κ3) is 4.22. The van der Waals surface area contributed by atoms with Crippen LogP contribution in [0.3, 0.4) is 0 Å². The van der Waals surface area contributed by atoms with Gasteiger partial charge in [-0.2, -0.15) is 0 Å². The van der Waals surface area contributed by atoms with E-state index >= 15 is 0 Å². The summed E-state index contributed by atoms with van der Waals surface area (Å²) in [5, 5.41) is 10.7. The van der Waals surface area contributed by atoms with Crippen molar-refractivity contribution < 1.29 is 9.84 Å². The Balaban J connectivity index is 1.66. The van der Waals surface area contributed by atoms with Crippen LogP contribution in [0.5, 0.6) is 5.75 Å². The molecule has 1 aliphatic rings. The summed E-state index contributed by atoms with van der Waals surface area (Å²) in [4.78, 5) is 6.68. The second-order valence-electron chi connectivity index (χ2n) is 6.58. The van der Waals surface area contributed by atoms with Crippen LogP contribution >= 0.6 is 0 Å². The van der Waals surface area contributed by atoms with Gasteiger partial charge < -0.3 is 14.4 Å². The lowest BCUT2D eigenvalue weighted by Crippen LogP contribution is -2.38. The monoisotopic (exact) mass is 339 g/mol. The van der Waals surface area contributed by atoms with E-state index in [4.69, 9.17) is 11.2 Å². The number of aliphatic hydroxyl groups excluding tert-OH is 1. The highest BCUT2D eigenvalue weighted by Crippen LogP contribution is 2.30. The number of piperidine rings is 1. The Labute approximate surface area is 149 Å². The van der Waals surface area contributed by atoms with Gasteiger partial charge in [0.1, 0.15) is 24.3 Å². The minimum absolute atomic E-state index is 0.189. The maximum atomic E-state index is 10.7. The van der Waals surface area contributed by atoms with E-state index in [1.807, 2.05) is 36.0 Å². The van der Waals surface area contributed by atoms with Crippen molar-refractivity contribution in [3.8, 4) is 18.1 Å². The molecular weight excluding hydrogens is 314 g/mol. The molecule has 1 N–H and O–H groups in total. The molecule has 1 aromatic carbocycles. The lowest BCUT2D eigenvalue weighted by molar-refractivity contribution is 0.0402. The minimum atomic E-state index is -0.532. The molecule has 0 spiro atoms. The molecule has 2 heterocycles. The standard InChI is InChI=1S/C20H25N3O2/c1-3-13-25-18-9-5-4-7-16(18)14-23-11-6-8-17(15-23)19(24)20-21-10-12-22(20)2/h1,4-5,7,9-10,12,17,19,24H,6,8,11,13-15H2,2H3. The van der Waals surface area contributed by atoms with Crippen LogP contribution < -0.4 is 4.74 Å². The number of rotatable bonds is 6. The van der Waals surface area contributed by atoms with Gasteiger partial charge >= 0.3 is 0 Å². The van der Waals surface area contributed by atoms with Crippen molar-refractivity contribution in [3.63, 3.8) is 0 Å². The molecule has 0 amide bonds. The van der Waals surface area contributed by atoms with Crippen molar-refractivity contribution in [1.29, 1.82) is 0 Å². The molecule has 25 heavy (non-hydrogen) atoms. The van der Waals surface area contributed by atoms with E-state index in [1.54, 1.807) is 6.20 Å². The van der Waals surface area contributed by atoms with E-state index in [0.717, 1.165) is 49.6 Å². The van der Waals surface area contributed by atoms with E-state index in [2.05, 4.69) is 21.9 Å². The normalized spacial score (nSPS) is 19.3. The number of terminal acetylenes is 1. The minimum Gasteiger partial charge on any atom is -0.481 e. The largest absolute Gasteiger partial charge is 0.481 e. The second-order valence-corrected chi connectivity index (χ2v) is 6.58.